The van der Waals surface area contributed by atoms with E-state index in [1.807, 2.05) is 37.3 Å². The van der Waals surface area contributed by atoms with Gasteiger partial charge in [0, 0.05) is 5.92 Å². The summed E-state index contributed by atoms with van der Waals surface area (Å²) in [7, 11) is 0. The molecule has 1 amide bonds. The quantitative estimate of drug-likeness (QED) is 0.778. The van der Waals surface area contributed by atoms with Crippen molar-refractivity contribution in [1.82, 2.24) is 5.32 Å². The molecule has 0 saturated carbocycles. The topological polar surface area (TPSA) is 49.3 Å². The summed E-state index contributed by atoms with van der Waals surface area (Å²) in [5, 5.41) is 12.2. The number of amides is 1. The van der Waals surface area contributed by atoms with E-state index in [0.29, 0.717) is 6.42 Å². The van der Waals surface area contributed by atoms with Crippen molar-refractivity contribution in [1.29, 1.82) is 0 Å². The summed E-state index contributed by atoms with van der Waals surface area (Å²) in [4.78, 5) is 11.9. The van der Waals surface area contributed by atoms with Gasteiger partial charge < -0.3 is 10.4 Å². The van der Waals surface area contributed by atoms with Crippen molar-refractivity contribution in [2.24, 2.45) is 5.92 Å². The summed E-state index contributed by atoms with van der Waals surface area (Å²) < 4.78 is 0. The Labute approximate surface area is 109 Å². The van der Waals surface area contributed by atoms with Crippen LogP contribution in [0, 0.1) is 5.92 Å². The van der Waals surface area contributed by atoms with E-state index in [1.165, 1.54) is 0 Å². The fourth-order valence-electron chi connectivity index (χ4n) is 1.97. The number of nitrogens with one attached hydrogen (secondary N) is 1. The van der Waals surface area contributed by atoms with Crippen LogP contribution in [-0.2, 0) is 11.2 Å². The zero-order valence-corrected chi connectivity index (χ0v) is 11.2. The predicted molar refractivity (Wildman–Crippen MR) is 73.2 cm³/mol. The van der Waals surface area contributed by atoms with Crippen molar-refractivity contribution in [2.45, 2.75) is 39.2 Å². The lowest BCUT2D eigenvalue weighted by Crippen LogP contribution is -2.41. The van der Waals surface area contributed by atoms with Crippen LogP contribution in [-0.4, -0.2) is 23.7 Å². The lowest BCUT2D eigenvalue weighted by atomic mass is 10.0. The van der Waals surface area contributed by atoms with Gasteiger partial charge in [0.1, 0.15) is 0 Å². The molecular weight excluding hydrogens is 226 g/mol. The maximum absolute atomic E-state index is 11.9. The van der Waals surface area contributed by atoms with Crippen molar-refractivity contribution in [3.8, 4) is 0 Å². The molecule has 0 radical (unpaired) electrons. The van der Waals surface area contributed by atoms with Crippen molar-refractivity contribution in [2.75, 3.05) is 6.61 Å². The van der Waals surface area contributed by atoms with Crippen LogP contribution in [0.4, 0.5) is 0 Å². The van der Waals surface area contributed by atoms with Gasteiger partial charge in [0.15, 0.2) is 0 Å². The van der Waals surface area contributed by atoms with Crippen molar-refractivity contribution >= 4 is 5.91 Å². The first kappa shape index (κ1) is 14.7. The Bertz CT molecular complexity index is 351. The molecule has 0 aromatic heterocycles. The summed E-state index contributed by atoms with van der Waals surface area (Å²) in [6.07, 6.45) is 2.55. The average molecular weight is 249 g/mol. The average Bonchev–Trinajstić information content (AvgIpc) is 2.39. The minimum absolute atomic E-state index is 0.0137. The molecule has 2 atom stereocenters. The zero-order chi connectivity index (χ0) is 13.4. The van der Waals surface area contributed by atoms with Crippen LogP contribution in [0.2, 0.25) is 0 Å². The number of rotatable bonds is 7. The van der Waals surface area contributed by atoms with Gasteiger partial charge in [-0.25, -0.2) is 0 Å². The number of carbonyl (C=O) groups excluding carboxylic acids is 1. The van der Waals surface area contributed by atoms with Crippen molar-refractivity contribution < 1.29 is 9.90 Å². The molecule has 2 N–H and O–H groups in total. The Balaban J connectivity index is 2.49. The molecule has 0 heterocycles. The normalized spacial score (nSPS) is 13.9. The standard InChI is InChI=1S/C15H23NO2/c1-3-7-12(2)15(18)16-14(11-17)10-13-8-5-4-6-9-13/h4-6,8-9,12,14,17H,3,7,10-11H2,1-2H3,(H,16,18)/t12?,14-/m0/s1. The van der Waals surface area contributed by atoms with Gasteiger partial charge in [-0.2, -0.15) is 0 Å². The van der Waals surface area contributed by atoms with E-state index in [9.17, 15) is 9.90 Å². The third-order valence-corrected chi connectivity index (χ3v) is 3.06. The highest BCUT2D eigenvalue weighted by atomic mass is 16.3. The Hall–Kier alpha value is -1.35. The molecule has 0 bridgehead atoms. The Morgan fingerprint density at radius 2 is 2.00 bits per heavy atom. The summed E-state index contributed by atoms with van der Waals surface area (Å²) in [6, 6.07) is 9.70. The van der Waals surface area contributed by atoms with E-state index < -0.39 is 0 Å². The molecule has 0 saturated heterocycles. The van der Waals surface area contributed by atoms with E-state index in [4.69, 9.17) is 0 Å². The Morgan fingerprint density at radius 3 is 2.56 bits per heavy atom. The molecule has 0 aliphatic carbocycles. The van der Waals surface area contributed by atoms with Crippen LogP contribution in [0.3, 0.4) is 0 Å². The number of hydrogen-bond acceptors (Lipinski definition) is 2. The van der Waals surface area contributed by atoms with Gasteiger partial charge in [-0.1, -0.05) is 50.6 Å². The van der Waals surface area contributed by atoms with Gasteiger partial charge in [-0.15, -0.1) is 0 Å². The molecule has 1 aromatic carbocycles. The fraction of sp³-hybridized carbons (Fsp3) is 0.533. The van der Waals surface area contributed by atoms with Gasteiger partial charge in [0.2, 0.25) is 5.91 Å². The predicted octanol–water partition coefficient (Wildman–Crippen LogP) is 2.14. The van der Waals surface area contributed by atoms with Gasteiger partial charge in [0.25, 0.3) is 0 Å². The van der Waals surface area contributed by atoms with Crippen LogP contribution in [0.15, 0.2) is 30.3 Å². The van der Waals surface area contributed by atoms with Gasteiger partial charge in [-0.3, -0.25) is 4.79 Å². The van der Waals surface area contributed by atoms with E-state index in [0.717, 1.165) is 18.4 Å². The first-order valence-electron chi connectivity index (χ1n) is 6.62. The molecule has 3 nitrogen and oxygen atoms in total. The van der Waals surface area contributed by atoms with Crippen molar-refractivity contribution in [3.05, 3.63) is 35.9 Å². The first-order chi connectivity index (χ1) is 8.67. The highest BCUT2D eigenvalue weighted by Gasteiger charge is 2.16. The van der Waals surface area contributed by atoms with E-state index >= 15 is 0 Å². The second-order valence-corrected chi connectivity index (χ2v) is 4.77. The number of aliphatic hydroxyl groups is 1. The number of carbonyl (C=O) groups is 1. The highest BCUT2D eigenvalue weighted by molar-refractivity contribution is 5.78. The summed E-state index contributed by atoms with van der Waals surface area (Å²) >= 11 is 0. The van der Waals surface area contributed by atoms with Gasteiger partial charge in [0.05, 0.1) is 12.6 Å². The van der Waals surface area contributed by atoms with Crippen LogP contribution >= 0.6 is 0 Å². The van der Waals surface area contributed by atoms with Crippen molar-refractivity contribution in [3.63, 3.8) is 0 Å². The molecular formula is C15H23NO2. The maximum Gasteiger partial charge on any atom is 0.223 e. The second-order valence-electron chi connectivity index (χ2n) is 4.77. The Morgan fingerprint density at radius 1 is 1.33 bits per heavy atom. The third kappa shape index (κ3) is 4.88. The van der Waals surface area contributed by atoms with Crippen LogP contribution in [0.5, 0.6) is 0 Å². The molecule has 0 spiro atoms. The van der Waals surface area contributed by atoms with Crippen LogP contribution in [0.25, 0.3) is 0 Å². The SMILES string of the molecule is CCCC(C)C(=O)N[C@H](CO)Cc1ccccc1. The molecule has 0 fully saturated rings. The molecule has 1 aromatic rings. The monoisotopic (exact) mass is 249 g/mol. The zero-order valence-electron chi connectivity index (χ0n) is 11.2. The molecule has 100 valence electrons. The maximum atomic E-state index is 11.9. The number of aliphatic hydroxyl groups excluding tert-OH is 1. The Kier molecular flexibility index (Phi) is 6.44. The molecule has 1 rings (SSSR count). The minimum atomic E-state index is -0.195. The largest absolute Gasteiger partial charge is 0.394 e. The molecule has 0 aliphatic heterocycles. The number of benzene rings is 1. The van der Waals surface area contributed by atoms with Crippen LogP contribution in [0.1, 0.15) is 32.3 Å². The molecule has 3 heteroatoms. The third-order valence-electron chi connectivity index (χ3n) is 3.06. The molecule has 1 unspecified atom stereocenters. The lowest BCUT2D eigenvalue weighted by Gasteiger charge is -2.19. The minimum Gasteiger partial charge on any atom is -0.394 e. The molecule has 18 heavy (non-hydrogen) atoms. The highest BCUT2D eigenvalue weighted by Crippen LogP contribution is 2.07. The smallest absolute Gasteiger partial charge is 0.223 e. The molecule has 0 aliphatic rings. The second kappa shape index (κ2) is 7.88. The van der Waals surface area contributed by atoms with Gasteiger partial charge >= 0.3 is 0 Å². The van der Waals surface area contributed by atoms with E-state index in [2.05, 4.69) is 12.2 Å². The summed E-state index contributed by atoms with van der Waals surface area (Å²) in [6.45, 7) is 3.96. The summed E-state index contributed by atoms with van der Waals surface area (Å²) in [5.41, 5.74) is 1.12. The van der Waals surface area contributed by atoms with E-state index in [1.54, 1.807) is 0 Å². The summed E-state index contributed by atoms with van der Waals surface area (Å²) in [5.74, 6) is 0.0478. The number of hydrogen-bond donors (Lipinski definition) is 2. The lowest BCUT2D eigenvalue weighted by molar-refractivity contribution is -0.125. The fourth-order valence-corrected chi connectivity index (χ4v) is 1.97. The first-order valence-corrected chi connectivity index (χ1v) is 6.62. The van der Waals surface area contributed by atoms with Gasteiger partial charge in [-0.05, 0) is 18.4 Å². The van der Waals surface area contributed by atoms with Crippen LogP contribution < -0.4 is 5.32 Å². The van der Waals surface area contributed by atoms with E-state index in [-0.39, 0.29) is 24.5 Å².